The average Bonchev–Trinajstić information content (AvgIpc) is 3.35. The van der Waals surface area contributed by atoms with E-state index in [1.54, 1.807) is 19.1 Å². The fourth-order valence-corrected chi connectivity index (χ4v) is 3.08. The van der Waals surface area contributed by atoms with Crippen LogP contribution >= 0.6 is 7.82 Å². The molecule has 3 atom stereocenters. The van der Waals surface area contributed by atoms with Crippen LogP contribution in [0.1, 0.15) is 12.5 Å². The van der Waals surface area contributed by atoms with Crippen LogP contribution in [0, 0.1) is 0 Å². The Hall–Kier alpha value is -0.910. The highest BCUT2D eigenvalue weighted by Crippen LogP contribution is 2.49. The summed E-state index contributed by atoms with van der Waals surface area (Å²) >= 11 is 0. The second-order valence-corrected chi connectivity index (χ2v) is 6.60. The molecule has 3 unspecified atom stereocenters. The van der Waals surface area contributed by atoms with Gasteiger partial charge < -0.3 is 14.0 Å². The topological polar surface area (TPSA) is 69.8 Å². The van der Waals surface area contributed by atoms with E-state index < -0.39 is 7.82 Å². The molecule has 3 rings (SSSR count). The maximum atomic E-state index is 12.4. The van der Waals surface area contributed by atoms with Gasteiger partial charge in [-0.1, -0.05) is 12.1 Å². The largest absolute Gasteiger partial charge is 0.530 e. The Labute approximate surface area is 123 Å². The number of rotatable bonds is 9. The Balaban J connectivity index is 1.58. The van der Waals surface area contributed by atoms with E-state index in [1.807, 2.05) is 12.1 Å². The number of benzene rings is 1. The Morgan fingerprint density at radius 3 is 2.38 bits per heavy atom. The standard InChI is InChI=1S/C14H19O6P/c1-2-18-21(15,19-10-14-9-17-14)20-12-5-3-11(4-6-12)7-13-8-16-13/h3-6,13-14H,2,7-10H2,1H3. The summed E-state index contributed by atoms with van der Waals surface area (Å²) in [5, 5.41) is 0. The van der Waals surface area contributed by atoms with Crippen molar-refractivity contribution in [1.29, 1.82) is 0 Å². The summed E-state index contributed by atoms with van der Waals surface area (Å²) in [6.07, 6.45) is 1.23. The van der Waals surface area contributed by atoms with Crippen molar-refractivity contribution in [3.8, 4) is 5.75 Å². The van der Waals surface area contributed by atoms with Gasteiger partial charge in [-0.15, -0.1) is 0 Å². The first kappa shape index (κ1) is 15.0. The third-order valence-electron chi connectivity index (χ3n) is 3.11. The van der Waals surface area contributed by atoms with Gasteiger partial charge >= 0.3 is 7.82 Å². The molecule has 7 heteroatoms. The molecule has 0 N–H and O–H groups in total. The van der Waals surface area contributed by atoms with E-state index in [0.717, 1.165) is 18.6 Å². The van der Waals surface area contributed by atoms with Crippen LogP contribution in [0.4, 0.5) is 0 Å². The maximum absolute atomic E-state index is 12.4. The summed E-state index contributed by atoms with van der Waals surface area (Å²) in [5.74, 6) is 0.462. The van der Waals surface area contributed by atoms with E-state index >= 15 is 0 Å². The molecule has 6 nitrogen and oxygen atoms in total. The average molecular weight is 314 g/mol. The Kier molecular flexibility index (Phi) is 4.62. The number of hydrogen-bond donors (Lipinski definition) is 0. The number of epoxide rings is 2. The minimum absolute atomic E-state index is 0.00305. The second-order valence-electron chi connectivity index (χ2n) is 5.01. The van der Waals surface area contributed by atoms with Gasteiger partial charge in [0.1, 0.15) is 11.9 Å². The van der Waals surface area contributed by atoms with Gasteiger partial charge in [0.05, 0.1) is 32.5 Å². The van der Waals surface area contributed by atoms with Crippen LogP contribution in [0.3, 0.4) is 0 Å². The predicted octanol–water partition coefficient (Wildman–Crippen LogP) is 2.57. The molecule has 0 bridgehead atoms. The third-order valence-corrected chi connectivity index (χ3v) is 4.59. The highest BCUT2D eigenvalue weighted by atomic mass is 31.2. The lowest BCUT2D eigenvalue weighted by molar-refractivity contribution is 0.150. The van der Waals surface area contributed by atoms with E-state index in [0.29, 0.717) is 18.5 Å². The molecule has 21 heavy (non-hydrogen) atoms. The molecule has 2 heterocycles. The Morgan fingerprint density at radius 2 is 1.81 bits per heavy atom. The van der Waals surface area contributed by atoms with E-state index in [9.17, 15) is 4.57 Å². The fourth-order valence-electron chi connectivity index (χ4n) is 1.85. The van der Waals surface area contributed by atoms with Crippen molar-refractivity contribution in [1.82, 2.24) is 0 Å². The van der Waals surface area contributed by atoms with E-state index in [2.05, 4.69) is 0 Å². The maximum Gasteiger partial charge on any atom is 0.530 e. The van der Waals surface area contributed by atoms with Gasteiger partial charge in [0.25, 0.3) is 0 Å². The summed E-state index contributed by atoms with van der Waals surface area (Å²) in [6.45, 7) is 3.67. The van der Waals surface area contributed by atoms with Crippen molar-refractivity contribution in [2.75, 3.05) is 26.4 Å². The van der Waals surface area contributed by atoms with Crippen LogP contribution in [0.15, 0.2) is 24.3 Å². The molecular formula is C14H19O6P. The van der Waals surface area contributed by atoms with Crippen LogP contribution < -0.4 is 4.52 Å². The van der Waals surface area contributed by atoms with Gasteiger partial charge in [-0.25, -0.2) is 4.57 Å². The van der Waals surface area contributed by atoms with Crippen molar-refractivity contribution in [3.05, 3.63) is 29.8 Å². The molecule has 0 aliphatic carbocycles. The van der Waals surface area contributed by atoms with Gasteiger partial charge in [-0.05, 0) is 24.6 Å². The number of phosphoric acid groups is 1. The van der Waals surface area contributed by atoms with Crippen molar-refractivity contribution in [2.24, 2.45) is 0 Å². The molecule has 1 aromatic carbocycles. The highest BCUT2D eigenvalue weighted by molar-refractivity contribution is 7.48. The monoisotopic (exact) mass is 314 g/mol. The van der Waals surface area contributed by atoms with E-state index in [4.69, 9.17) is 23.0 Å². The van der Waals surface area contributed by atoms with Crippen LogP contribution in [0.2, 0.25) is 0 Å². The lowest BCUT2D eigenvalue weighted by atomic mass is 10.1. The minimum Gasteiger partial charge on any atom is -0.404 e. The molecular weight excluding hydrogens is 295 g/mol. The molecule has 0 radical (unpaired) electrons. The zero-order valence-electron chi connectivity index (χ0n) is 11.9. The van der Waals surface area contributed by atoms with Crippen molar-refractivity contribution < 1.29 is 27.6 Å². The molecule has 0 amide bonds. The predicted molar refractivity (Wildman–Crippen MR) is 75.4 cm³/mol. The zero-order valence-corrected chi connectivity index (χ0v) is 12.8. The molecule has 1 aromatic rings. The summed E-state index contributed by atoms with van der Waals surface area (Å²) in [5.41, 5.74) is 1.16. The van der Waals surface area contributed by atoms with Crippen LogP contribution in [-0.2, 0) is 29.5 Å². The molecule has 0 spiro atoms. The zero-order chi connectivity index (χ0) is 14.7. The molecule has 0 saturated carbocycles. The summed E-state index contributed by atoms with van der Waals surface area (Å²) < 4.78 is 38.5. The number of hydrogen-bond acceptors (Lipinski definition) is 6. The third kappa shape index (κ3) is 4.80. The smallest absolute Gasteiger partial charge is 0.404 e. The molecule has 0 aromatic heterocycles. The quantitative estimate of drug-likeness (QED) is 0.515. The van der Waals surface area contributed by atoms with Crippen LogP contribution in [0.5, 0.6) is 5.75 Å². The minimum atomic E-state index is -3.59. The number of phosphoric ester groups is 1. The SMILES string of the molecule is CCOP(=O)(OCC1CO1)Oc1ccc(CC2CO2)cc1. The lowest BCUT2D eigenvalue weighted by Crippen LogP contribution is -2.07. The Morgan fingerprint density at radius 1 is 1.14 bits per heavy atom. The first-order chi connectivity index (χ1) is 10.2. The van der Waals surface area contributed by atoms with E-state index in [1.165, 1.54) is 0 Å². The summed E-state index contributed by atoms with van der Waals surface area (Å²) in [4.78, 5) is 0. The summed E-state index contributed by atoms with van der Waals surface area (Å²) in [7, 11) is -3.59. The molecule has 2 aliphatic heterocycles. The molecule has 2 aliphatic rings. The van der Waals surface area contributed by atoms with Crippen molar-refractivity contribution >= 4 is 7.82 Å². The molecule has 116 valence electrons. The first-order valence-corrected chi connectivity index (χ1v) is 8.54. The normalized spacial score (nSPS) is 26.1. The molecule has 2 fully saturated rings. The van der Waals surface area contributed by atoms with Gasteiger partial charge in [0, 0.05) is 6.42 Å². The lowest BCUT2D eigenvalue weighted by Gasteiger charge is -2.17. The number of ether oxygens (including phenoxy) is 2. The first-order valence-electron chi connectivity index (χ1n) is 7.08. The van der Waals surface area contributed by atoms with Crippen molar-refractivity contribution in [2.45, 2.75) is 25.6 Å². The van der Waals surface area contributed by atoms with Gasteiger partial charge in [-0.2, -0.15) is 0 Å². The van der Waals surface area contributed by atoms with E-state index in [-0.39, 0.29) is 19.3 Å². The summed E-state index contributed by atoms with van der Waals surface area (Å²) in [6, 6.07) is 7.38. The van der Waals surface area contributed by atoms with Gasteiger partial charge in [0.15, 0.2) is 0 Å². The molecule has 2 saturated heterocycles. The fraction of sp³-hybridized carbons (Fsp3) is 0.571. The second kappa shape index (κ2) is 6.46. The van der Waals surface area contributed by atoms with Crippen LogP contribution in [-0.4, -0.2) is 38.6 Å². The van der Waals surface area contributed by atoms with Crippen LogP contribution in [0.25, 0.3) is 0 Å². The van der Waals surface area contributed by atoms with Gasteiger partial charge in [0.2, 0.25) is 0 Å². The van der Waals surface area contributed by atoms with Crippen molar-refractivity contribution in [3.63, 3.8) is 0 Å². The Bertz CT molecular complexity index is 509. The highest BCUT2D eigenvalue weighted by Gasteiger charge is 2.33. The van der Waals surface area contributed by atoms with Gasteiger partial charge in [-0.3, -0.25) is 9.05 Å².